The molecule has 24 heavy (non-hydrogen) atoms. The van der Waals surface area contributed by atoms with Crippen LogP contribution in [-0.2, 0) is 0 Å². The summed E-state index contributed by atoms with van der Waals surface area (Å²) >= 11 is 0. The van der Waals surface area contributed by atoms with Gasteiger partial charge in [0.15, 0.2) is 11.5 Å². The van der Waals surface area contributed by atoms with Crippen LogP contribution in [0.4, 0.5) is 4.79 Å². The maximum Gasteiger partial charge on any atom is 0.315 e. The molecule has 0 fully saturated rings. The van der Waals surface area contributed by atoms with Gasteiger partial charge in [-0.3, -0.25) is 0 Å². The van der Waals surface area contributed by atoms with E-state index in [0.29, 0.717) is 24.7 Å². The van der Waals surface area contributed by atoms with E-state index >= 15 is 0 Å². The molecule has 1 aliphatic heterocycles. The third-order valence-corrected chi connectivity index (χ3v) is 3.65. The van der Waals surface area contributed by atoms with Crippen LogP contribution in [0.3, 0.4) is 0 Å². The number of carbonyl (C=O) groups excluding carboxylic acids is 1. The number of nitrogens with one attached hydrogen (secondary N) is 2. The van der Waals surface area contributed by atoms with Gasteiger partial charge in [-0.05, 0) is 24.6 Å². The molecule has 126 valence electrons. The first-order chi connectivity index (χ1) is 11.7. The molecule has 1 aliphatic rings. The molecule has 0 aromatic heterocycles. The van der Waals surface area contributed by atoms with Gasteiger partial charge in [0.05, 0.1) is 12.6 Å². The predicted octanol–water partition coefficient (Wildman–Crippen LogP) is 2.85. The highest BCUT2D eigenvalue weighted by atomic mass is 16.7. The Kier molecular flexibility index (Phi) is 5.05. The number of ether oxygens (including phenoxy) is 3. The van der Waals surface area contributed by atoms with E-state index in [1.165, 1.54) is 0 Å². The lowest BCUT2D eigenvalue weighted by molar-refractivity contribution is 0.173. The number of amides is 2. The van der Waals surface area contributed by atoms with Crippen molar-refractivity contribution >= 4 is 6.03 Å². The molecule has 0 saturated carbocycles. The van der Waals surface area contributed by atoms with E-state index in [4.69, 9.17) is 14.2 Å². The number of hydrogen-bond donors (Lipinski definition) is 2. The zero-order valence-corrected chi connectivity index (χ0v) is 13.5. The summed E-state index contributed by atoms with van der Waals surface area (Å²) in [5.41, 5.74) is 1.06. The lowest BCUT2D eigenvalue weighted by Crippen LogP contribution is -2.38. The quantitative estimate of drug-likeness (QED) is 0.800. The smallest absolute Gasteiger partial charge is 0.315 e. The van der Waals surface area contributed by atoms with Crippen molar-refractivity contribution in [3.63, 3.8) is 0 Å². The minimum absolute atomic E-state index is 0.0546. The summed E-state index contributed by atoms with van der Waals surface area (Å²) in [5.74, 6) is 2.07. The third kappa shape index (κ3) is 4.10. The van der Waals surface area contributed by atoms with E-state index in [-0.39, 0.29) is 18.9 Å². The number of fused-ring (bicyclic) bond motifs is 1. The summed E-state index contributed by atoms with van der Waals surface area (Å²) in [6.07, 6.45) is 0. The van der Waals surface area contributed by atoms with Gasteiger partial charge in [0.25, 0.3) is 0 Å². The van der Waals surface area contributed by atoms with Crippen molar-refractivity contribution < 1.29 is 19.0 Å². The van der Waals surface area contributed by atoms with Gasteiger partial charge in [-0.1, -0.05) is 30.3 Å². The molecule has 1 atom stereocenters. The van der Waals surface area contributed by atoms with Crippen LogP contribution < -0.4 is 24.8 Å². The summed E-state index contributed by atoms with van der Waals surface area (Å²) in [5, 5.41) is 5.66. The van der Waals surface area contributed by atoms with Crippen molar-refractivity contribution in [2.24, 2.45) is 0 Å². The summed E-state index contributed by atoms with van der Waals surface area (Å²) in [6, 6.07) is 14.9. The summed E-state index contributed by atoms with van der Waals surface area (Å²) in [6.45, 7) is 2.95. The van der Waals surface area contributed by atoms with E-state index in [1.807, 2.05) is 43.3 Å². The minimum Gasteiger partial charge on any atom is -0.492 e. The summed E-state index contributed by atoms with van der Waals surface area (Å²) < 4.78 is 16.1. The lowest BCUT2D eigenvalue weighted by Gasteiger charge is -2.15. The number of benzene rings is 2. The van der Waals surface area contributed by atoms with Crippen LogP contribution in [0, 0.1) is 0 Å². The van der Waals surface area contributed by atoms with Crippen LogP contribution in [0.25, 0.3) is 0 Å². The molecule has 1 heterocycles. The molecule has 0 aliphatic carbocycles. The van der Waals surface area contributed by atoms with Gasteiger partial charge in [0.1, 0.15) is 12.4 Å². The first-order valence-electron chi connectivity index (χ1n) is 7.84. The van der Waals surface area contributed by atoms with Gasteiger partial charge in [-0.15, -0.1) is 0 Å². The van der Waals surface area contributed by atoms with Crippen LogP contribution in [0.15, 0.2) is 48.5 Å². The number of rotatable bonds is 6. The van der Waals surface area contributed by atoms with Crippen LogP contribution in [-0.4, -0.2) is 26.0 Å². The van der Waals surface area contributed by atoms with Crippen molar-refractivity contribution in [3.05, 3.63) is 54.1 Å². The number of carbonyl (C=O) groups is 1. The topological polar surface area (TPSA) is 68.8 Å². The van der Waals surface area contributed by atoms with Crippen molar-refractivity contribution in [2.45, 2.75) is 13.0 Å². The fraction of sp³-hybridized carbons (Fsp3) is 0.278. The lowest BCUT2D eigenvalue weighted by atomic mass is 10.1. The molecule has 0 saturated heterocycles. The highest BCUT2D eigenvalue weighted by Gasteiger charge is 2.13. The van der Waals surface area contributed by atoms with Crippen LogP contribution in [0.1, 0.15) is 18.5 Å². The first-order valence-corrected chi connectivity index (χ1v) is 7.84. The van der Waals surface area contributed by atoms with E-state index < -0.39 is 0 Å². The Morgan fingerprint density at radius 3 is 2.79 bits per heavy atom. The van der Waals surface area contributed by atoms with Crippen molar-refractivity contribution in [1.29, 1.82) is 0 Å². The normalized spacial score (nSPS) is 13.2. The van der Waals surface area contributed by atoms with E-state index in [2.05, 4.69) is 10.6 Å². The molecule has 6 heteroatoms. The predicted molar refractivity (Wildman–Crippen MR) is 89.5 cm³/mol. The molecule has 0 radical (unpaired) electrons. The standard InChI is InChI=1S/C18H20N2O4/c1-13(14-5-3-2-4-6-14)20-18(21)19-9-10-22-15-7-8-16-17(11-15)24-12-23-16/h2-8,11,13H,9-10,12H2,1H3,(H2,19,20,21). The van der Waals surface area contributed by atoms with E-state index in [1.54, 1.807) is 12.1 Å². The molecule has 2 N–H and O–H groups in total. The van der Waals surface area contributed by atoms with Gasteiger partial charge in [-0.25, -0.2) is 4.79 Å². The monoisotopic (exact) mass is 328 g/mol. The SMILES string of the molecule is CC(NC(=O)NCCOc1ccc2c(c1)OCO2)c1ccccc1. The van der Waals surface area contributed by atoms with Gasteiger partial charge in [0, 0.05) is 6.07 Å². The summed E-state index contributed by atoms with van der Waals surface area (Å²) in [4.78, 5) is 11.9. The maximum absolute atomic E-state index is 11.9. The fourth-order valence-corrected chi connectivity index (χ4v) is 2.37. The van der Waals surface area contributed by atoms with Crippen LogP contribution >= 0.6 is 0 Å². The van der Waals surface area contributed by atoms with Gasteiger partial charge in [-0.2, -0.15) is 0 Å². The van der Waals surface area contributed by atoms with E-state index in [9.17, 15) is 4.79 Å². The molecule has 0 spiro atoms. The fourth-order valence-electron chi connectivity index (χ4n) is 2.37. The average Bonchev–Trinajstić information content (AvgIpc) is 3.07. The van der Waals surface area contributed by atoms with Gasteiger partial charge >= 0.3 is 6.03 Å². The molecule has 1 unspecified atom stereocenters. The molecule has 2 aromatic carbocycles. The third-order valence-electron chi connectivity index (χ3n) is 3.65. The Labute approximate surface area is 140 Å². The molecule has 2 aromatic rings. The molecular weight excluding hydrogens is 308 g/mol. The van der Waals surface area contributed by atoms with E-state index in [0.717, 1.165) is 11.3 Å². The Bertz CT molecular complexity index is 691. The highest BCUT2D eigenvalue weighted by Crippen LogP contribution is 2.34. The largest absolute Gasteiger partial charge is 0.492 e. The second-order valence-electron chi connectivity index (χ2n) is 5.40. The minimum atomic E-state index is -0.222. The molecule has 0 bridgehead atoms. The van der Waals surface area contributed by atoms with Gasteiger partial charge < -0.3 is 24.8 Å². The zero-order chi connectivity index (χ0) is 16.8. The maximum atomic E-state index is 11.9. The van der Waals surface area contributed by atoms with Gasteiger partial charge in [0.2, 0.25) is 6.79 Å². The Hall–Kier alpha value is -2.89. The molecule has 2 amide bonds. The van der Waals surface area contributed by atoms with Crippen LogP contribution in [0.2, 0.25) is 0 Å². The molecule has 3 rings (SSSR count). The second kappa shape index (κ2) is 7.59. The second-order valence-corrected chi connectivity index (χ2v) is 5.40. The van der Waals surface area contributed by atoms with Crippen molar-refractivity contribution in [2.75, 3.05) is 19.9 Å². The Morgan fingerprint density at radius 2 is 1.96 bits per heavy atom. The van der Waals surface area contributed by atoms with Crippen LogP contribution in [0.5, 0.6) is 17.2 Å². The Morgan fingerprint density at radius 1 is 1.17 bits per heavy atom. The number of urea groups is 1. The van der Waals surface area contributed by atoms with Crippen molar-refractivity contribution in [1.82, 2.24) is 10.6 Å². The molecular formula is C18H20N2O4. The highest BCUT2D eigenvalue weighted by molar-refractivity contribution is 5.74. The Balaban J connectivity index is 1.38. The zero-order valence-electron chi connectivity index (χ0n) is 13.5. The molecule has 6 nitrogen and oxygen atoms in total. The average molecular weight is 328 g/mol. The summed E-state index contributed by atoms with van der Waals surface area (Å²) in [7, 11) is 0. The van der Waals surface area contributed by atoms with Crippen molar-refractivity contribution in [3.8, 4) is 17.2 Å². The first kappa shape index (κ1) is 16.0. The number of hydrogen-bond acceptors (Lipinski definition) is 4.